The summed E-state index contributed by atoms with van der Waals surface area (Å²) in [5.74, 6) is 1.30. The summed E-state index contributed by atoms with van der Waals surface area (Å²) in [7, 11) is 0. The summed E-state index contributed by atoms with van der Waals surface area (Å²) in [6, 6.07) is 11.8. The Morgan fingerprint density at radius 2 is 1.65 bits per heavy atom. The first-order valence-corrected chi connectivity index (χ1v) is 11.7. The third kappa shape index (κ3) is 7.64. The Morgan fingerprint density at radius 1 is 0.968 bits per heavy atom. The standard InChI is InChI=1S/C27H33FN2O/c28-26(19-30)5-3-1-2-4-21-10-16-27(17-11-21)31-20-23-8-14-25(15-9-23)24-12-6-22(18-29)7-13-24/h1,3,5-7,12-13,21,23,25,27H,2,4,8-11,14-17,20H2/b3-1+,26-5-. The topological polar surface area (TPSA) is 56.8 Å². The van der Waals surface area contributed by atoms with Crippen molar-refractivity contribution in [3.63, 3.8) is 0 Å². The van der Waals surface area contributed by atoms with Crippen molar-refractivity contribution >= 4 is 0 Å². The second kappa shape index (κ2) is 12.4. The quantitative estimate of drug-likeness (QED) is 0.332. The van der Waals surface area contributed by atoms with Gasteiger partial charge in [0.15, 0.2) is 5.83 Å². The smallest absolute Gasteiger partial charge is 0.199 e. The van der Waals surface area contributed by atoms with E-state index >= 15 is 0 Å². The summed E-state index contributed by atoms with van der Waals surface area (Å²) in [4.78, 5) is 0. The van der Waals surface area contributed by atoms with Gasteiger partial charge in [0.1, 0.15) is 6.07 Å². The number of benzene rings is 1. The van der Waals surface area contributed by atoms with Crippen molar-refractivity contribution in [3.05, 3.63) is 59.4 Å². The van der Waals surface area contributed by atoms with Crippen LogP contribution in [0.4, 0.5) is 4.39 Å². The van der Waals surface area contributed by atoms with Crippen molar-refractivity contribution in [1.29, 1.82) is 10.5 Å². The van der Waals surface area contributed by atoms with Crippen molar-refractivity contribution in [1.82, 2.24) is 0 Å². The van der Waals surface area contributed by atoms with Crippen molar-refractivity contribution in [2.75, 3.05) is 6.61 Å². The fraction of sp³-hybridized carbons (Fsp3) is 0.556. The lowest BCUT2D eigenvalue weighted by atomic mass is 9.79. The maximum Gasteiger partial charge on any atom is 0.199 e. The molecular formula is C27H33FN2O. The van der Waals surface area contributed by atoms with Gasteiger partial charge in [0, 0.05) is 6.61 Å². The second-order valence-electron chi connectivity index (χ2n) is 9.06. The zero-order valence-electron chi connectivity index (χ0n) is 18.3. The zero-order valence-corrected chi connectivity index (χ0v) is 18.3. The maximum absolute atomic E-state index is 12.7. The van der Waals surface area contributed by atoms with Crippen LogP contribution >= 0.6 is 0 Å². The molecule has 0 radical (unpaired) electrons. The highest BCUT2D eigenvalue weighted by molar-refractivity contribution is 5.33. The molecule has 0 bridgehead atoms. The Hall–Kier alpha value is -2.43. The molecule has 0 aromatic heterocycles. The minimum Gasteiger partial charge on any atom is -0.378 e. The van der Waals surface area contributed by atoms with Crippen molar-refractivity contribution in [2.24, 2.45) is 11.8 Å². The van der Waals surface area contributed by atoms with Crippen LogP contribution in [0.2, 0.25) is 0 Å². The van der Waals surface area contributed by atoms with Crippen LogP contribution in [0.3, 0.4) is 0 Å². The van der Waals surface area contributed by atoms with Crippen LogP contribution in [0.15, 0.2) is 48.3 Å². The number of nitrogens with zero attached hydrogens (tertiary/aromatic N) is 2. The van der Waals surface area contributed by atoms with Gasteiger partial charge in [-0.15, -0.1) is 0 Å². The number of rotatable bonds is 8. The van der Waals surface area contributed by atoms with Gasteiger partial charge in [-0.3, -0.25) is 0 Å². The molecule has 0 N–H and O–H groups in total. The number of allylic oxidation sites excluding steroid dienone is 4. The zero-order chi connectivity index (χ0) is 21.9. The molecule has 0 atom stereocenters. The number of hydrogen-bond acceptors (Lipinski definition) is 3. The van der Waals surface area contributed by atoms with E-state index in [9.17, 15) is 4.39 Å². The van der Waals surface area contributed by atoms with Gasteiger partial charge in [0.25, 0.3) is 0 Å². The molecule has 0 spiro atoms. The number of ether oxygens (including phenoxy) is 1. The molecule has 3 rings (SSSR count). The normalized spacial score (nSPS) is 27.0. The molecule has 1 aromatic carbocycles. The summed E-state index contributed by atoms with van der Waals surface area (Å²) in [6.45, 7) is 0.898. The van der Waals surface area contributed by atoms with Crippen LogP contribution in [0.25, 0.3) is 0 Å². The summed E-state index contributed by atoms with van der Waals surface area (Å²) in [5, 5.41) is 17.3. The largest absolute Gasteiger partial charge is 0.378 e. The van der Waals surface area contributed by atoms with Crippen LogP contribution < -0.4 is 0 Å². The van der Waals surface area contributed by atoms with Crippen molar-refractivity contribution in [2.45, 2.75) is 76.2 Å². The minimum absolute atomic E-state index is 0.413. The second-order valence-corrected chi connectivity index (χ2v) is 9.06. The predicted octanol–water partition coefficient (Wildman–Crippen LogP) is 7.12. The van der Waals surface area contributed by atoms with E-state index in [2.05, 4.69) is 18.2 Å². The lowest BCUT2D eigenvalue weighted by molar-refractivity contribution is -0.00824. The van der Waals surface area contributed by atoms with E-state index in [-0.39, 0.29) is 0 Å². The molecule has 0 unspecified atom stereocenters. The SMILES string of the molecule is N#C/C(F)=C/C=C/CCC1CCC(OCC2CCC(c3ccc(C#N)cc3)CC2)CC1. The third-order valence-electron chi connectivity index (χ3n) is 6.95. The first-order chi connectivity index (χ1) is 15.2. The molecule has 1 aromatic rings. The number of nitriles is 2. The molecule has 3 nitrogen and oxygen atoms in total. The lowest BCUT2D eigenvalue weighted by Gasteiger charge is -2.32. The molecule has 0 heterocycles. The molecule has 2 aliphatic carbocycles. The first-order valence-electron chi connectivity index (χ1n) is 11.7. The maximum atomic E-state index is 12.7. The minimum atomic E-state index is -0.739. The fourth-order valence-electron chi connectivity index (χ4n) is 4.97. The molecule has 0 aliphatic heterocycles. The number of halogens is 1. The van der Waals surface area contributed by atoms with Gasteiger partial charge in [-0.1, -0.05) is 24.3 Å². The molecule has 0 saturated heterocycles. The molecule has 164 valence electrons. The van der Waals surface area contributed by atoms with Gasteiger partial charge in [0.05, 0.1) is 17.7 Å². The van der Waals surface area contributed by atoms with E-state index in [1.807, 2.05) is 18.2 Å². The molecular weight excluding hydrogens is 387 g/mol. The molecule has 2 aliphatic rings. The van der Waals surface area contributed by atoms with Gasteiger partial charge in [0.2, 0.25) is 0 Å². The van der Waals surface area contributed by atoms with E-state index in [1.165, 1.54) is 56.2 Å². The van der Waals surface area contributed by atoms with Crippen molar-refractivity contribution < 1.29 is 9.13 Å². The van der Waals surface area contributed by atoms with Gasteiger partial charge in [-0.25, -0.2) is 0 Å². The molecule has 0 amide bonds. The summed E-state index contributed by atoms with van der Waals surface area (Å²) < 4.78 is 19.0. The molecule has 2 saturated carbocycles. The Labute approximate surface area is 186 Å². The first kappa shape index (κ1) is 23.2. The van der Waals surface area contributed by atoms with E-state index in [4.69, 9.17) is 15.3 Å². The Bertz CT molecular complexity index is 814. The number of hydrogen-bond donors (Lipinski definition) is 0. The fourth-order valence-corrected chi connectivity index (χ4v) is 4.97. The monoisotopic (exact) mass is 420 g/mol. The highest BCUT2D eigenvalue weighted by atomic mass is 19.1. The van der Waals surface area contributed by atoms with Crippen LogP contribution in [-0.2, 0) is 4.74 Å². The van der Waals surface area contributed by atoms with Gasteiger partial charge >= 0.3 is 0 Å². The highest BCUT2D eigenvalue weighted by Gasteiger charge is 2.25. The van der Waals surface area contributed by atoms with Crippen LogP contribution in [0.1, 0.15) is 81.3 Å². The molecule has 4 heteroatoms. The highest BCUT2D eigenvalue weighted by Crippen LogP contribution is 2.37. The summed E-state index contributed by atoms with van der Waals surface area (Å²) in [6.07, 6.45) is 16.9. The predicted molar refractivity (Wildman–Crippen MR) is 121 cm³/mol. The molecule has 2 fully saturated rings. The van der Waals surface area contributed by atoms with Gasteiger partial charge in [-0.05, 0) is 106 Å². The lowest BCUT2D eigenvalue weighted by Crippen LogP contribution is -2.25. The Morgan fingerprint density at radius 3 is 2.29 bits per heavy atom. The Kier molecular flexibility index (Phi) is 9.32. The summed E-state index contributed by atoms with van der Waals surface area (Å²) in [5.41, 5.74) is 2.11. The van der Waals surface area contributed by atoms with Crippen molar-refractivity contribution in [3.8, 4) is 12.1 Å². The summed E-state index contributed by atoms with van der Waals surface area (Å²) >= 11 is 0. The van der Waals surface area contributed by atoms with Crippen LogP contribution in [0, 0.1) is 34.5 Å². The van der Waals surface area contributed by atoms with Crippen LogP contribution in [-0.4, -0.2) is 12.7 Å². The van der Waals surface area contributed by atoms with Crippen LogP contribution in [0.5, 0.6) is 0 Å². The van der Waals surface area contributed by atoms with E-state index in [1.54, 1.807) is 6.08 Å². The van der Waals surface area contributed by atoms with E-state index in [0.717, 1.165) is 43.8 Å². The average Bonchev–Trinajstić information content (AvgIpc) is 2.83. The third-order valence-corrected chi connectivity index (χ3v) is 6.95. The van der Waals surface area contributed by atoms with Gasteiger partial charge < -0.3 is 4.74 Å². The van der Waals surface area contributed by atoms with E-state index in [0.29, 0.717) is 17.9 Å². The van der Waals surface area contributed by atoms with Gasteiger partial charge in [-0.2, -0.15) is 14.9 Å². The Balaban J connectivity index is 1.28. The van der Waals surface area contributed by atoms with E-state index < -0.39 is 5.83 Å². The average molecular weight is 421 g/mol. The molecule has 31 heavy (non-hydrogen) atoms.